The van der Waals surface area contributed by atoms with E-state index in [0.717, 1.165) is 5.69 Å². The molecule has 1 fully saturated rings. The molecule has 4 nitrogen and oxygen atoms in total. The van der Waals surface area contributed by atoms with Crippen molar-refractivity contribution in [1.29, 1.82) is 0 Å². The lowest BCUT2D eigenvalue weighted by Gasteiger charge is -2.35. The van der Waals surface area contributed by atoms with Gasteiger partial charge in [-0.1, -0.05) is 17.7 Å². The summed E-state index contributed by atoms with van der Waals surface area (Å²) in [5, 5.41) is 0. The fourth-order valence-electron chi connectivity index (χ4n) is 2.17. The van der Waals surface area contributed by atoms with Crippen LogP contribution >= 0.6 is 0 Å². The number of hydrogen-bond acceptors (Lipinski definition) is 3. The highest BCUT2D eigenvalue weighted by Gasteiger charge is 2.38. The van der Waals surface area contributed by atoms with Gasteiger partial charge in [0.2, 0.25) is 5.91 Å². The Morgan fingerprint density at radius 3 is 2.39 bits per heavy atom. The van der Waals surface area contributed by atoms with Crippen LogP contribution in [0.3, 0.4) is 0 Å². The van der Waals surface area contributed by atoms with Crippen molar-refractivity contribution in [3.63, 3.8) is 0 Å². The van der Waals surface area contributed by atoms with Crippen LogP contribution in [0.5, 0.6) is 0 Å². The quantitative estimate of drug-likeness (QED) is 0.862. The van der Waals surface area contributed by atoms with Crippen molar-refractivity contribution in [2.75, 3.05) is 25.2 Å². The number of carbonyl (C=O) groups excluding carboxylic acids is 1. The zero-order valence-electron chi connectivity index (χ0n) is 11.0. The SMILES string of the molecule is Cc1ccc(N(C)C(=O)C2(N)CCOCC2)cc1. The highest BCUT2D eigenvalue weighted by molar-refractivity contribution is 5.99. The van der Waals surface area contributed by atoms with E-state index in [-0.39, 0.29) is 5.91 Å². The number of aryl methyl sites for hydroxylation is 1. The topological polar surface area (TPSA) is 55.6 Å². The van der Waals surface area contributed by atoms with Gasteiger partial charge in [0.05, 0.1) is 0 Å². The molecule has 18 heavy (non-hydrogen) atoms. The van der Waals surface area contributed by atoms with Crippen LogP contribution in [0.2, 0.25) is 0 Å². The summed E-state index contributed by atoms with van der Waals surface area (Å²) in [5.41, 5.74) is 7.47. The molecule has 0 aromatic heterocycles. The van der Waals surface area contributed by atoms with Gasteiger partial charge in [-0.2, -0.15) is 0 Å². The molecule has 0 aliphatic carbocycles. The molecule has 0 saturated carbocycles. The Kier molecular flexibility index (Phi) is 3.68. The number of nitrogens with zero attached hydrogens (tertiary/aromatic N) is 1. The molecule has 1 aromatic carbocycles. The fraction of sp³-hybridized carbons (Fsp3) is 0.500. The van der Waals surface area contributed by atoms with E-state index in [4.69, 9.17) is 10.5 Å². The summed E-state index contributed by atoms with van der Waals surface area (Å²) in [7, 11) is 1.77. The number of rotatable bonds is 2. The van der Waals surface area contributed by atoms with Gasteiger partial charge in [0, 0.05) is 25.9 Å². The Bertz CT molecular complexity index is 422. The zero-order chi connectivity index (χ0) is 13.2. The van der Waals surface area contributed by atoms with Gasteiger partial charge in [0.1, 0.15) is 5.54 Å². The Morgan fingerprint density at radius 1 is 1.28 bits per heavy atom. The van der Waals surface area contributed by atoms with Crippen molar-refractivity contribution in [1.82, 2.24) is 0 Å². The molecule has 98 valence electrons. The second-order valence-corrected chi connectivity index (χ2v) is 4.97. The van der Waals surface area contributed by atoms with E-state index in [2.05, 4.69) is 0 Å². The number of carbonyl (C=O) groups is 1. The minimum atomic E-state index is -0.780. The van der Waals surface area contributed by atoms with Gasteiger partial charge >= 0.3 is 0 Å². The average molecular weight is 248 g/mol. The molecule has 1 heterocycles. The second-order valence-electron chi connectivity index (χ2n) is 4.97. The van der Waals surface area contributed by atoms with Gasteiger partial charge in [0.25, 0.3) is 0 Å². The summed E-state index contributed by atoms with van der Waals surface area (Å²) in [6, 6.07) is 7.87. The average Bonchev–Trinajstić information content (AvgIpc) is 2.39. The maximum absolute atomic E-state index is 12.5. The van der Waals surface area contributed by atoms with Crippen LogP contribution in [-0.4, -0.2) is 31.7 Å². The van der Waals surface area contributed by atoms with E-state index in [0.29, 0.717) is 26.1 Å². The van der Waals surface area contributed by atoms with Crippen LogP contribution in [0, 0.1) is 6.92 Å². The Morgan fingerprint density at radius 2 is 1.83 bits per heavy atom. The second kappa shape index (κ2) is 5.08. The van der Waals surface area contributed by atoms with E-state index >= 15 is 0 Å². The number of likely N-dealkylation sites (N-methyl/N-ethyl adjacent to an activating group) is 1. The summed E-state index contributed by atoms with van der Waals surface area (Å²) in [4.78, 5) is 14.1. The first-order chi connectivity index (χ1) is 8.53. The molecule has 1 saturated heterocycles. The number of ether oxygens (including phenoxy) is 1. The molecule has 0 spiro atoms. The van der Waals surface area contributed by atoms with Crippen molar-refractivity contribution < 1.29 is 9.53 Å². The highest BCUT2D eigenvalue weighted by atomic mass is 16.5. The van der Waals surface area contributed by atoms with Crippen LogP contribution in [0.4, 0.5) is 5.69 Å². The van der Waals surface area contributed by atoms with Crippen molar-refractivity contribution >= 4 is 11.6 Å². The van der Waals surface area contributed by atoms with Crippen LogP contribution in [0.1, 0.15) is 18.4 Å². The van der Waals surface area contributed by atoms with E-state index < -0.39 is 5.54 Å². The van der Waals surface area contributed by atoms with Crippen molar-refractivity contribution in [3.05, 3.63) is 29.8 Å². The molecular weight excluding hydrogens is 228 g/mol. The Labute approximate surface area is 108 Å². The van der Waals surface area contributed by atoms with Crippen LogP contribution in [-0.2, 0) is 9.53 Å². The normalized spacial score (nSPS) is 18.4. The van der Waals surface area contributed by atoms with Gasteiger partial charge in [-0.3, -0.25) is 4.79 Å². The standard InChI is InChI=1S/C14H20N2O2/c1-11-3-5-12(6-4-11)16(2)13(17)14(15)7-9-18-10-8-14/h3-6H,7-10,15H2,1-2H3. The molecule has 2 rings (SSSR count). The first-order valence-electron chi connectivity index (χ1n) is 6.24. The van der Waals surface area contributed by atoms with Gasteiger partial charge in [-0.05, 0) is 31.9 Å². The number of amides is 1. The van der Waals surface area contributed by atoms with Gasteiger partial charge in [0.15, 0.2) is 0 Å². The van der Waals surface area contributed by atoms with Crippen LogP contribution < -0.4 is 10.6 Å². The third-order valence-corrected chi connectivity index (χ3v) is 3.54. The maximum Gasteiger partial charge on any atom is 0.246 e. The molecule has 1 amide bonds. The summed E-state index contributed by atoms with van der Waals surface area (Å²) < 4.78 is 5.27. The van der Waals surface area contributed by atoms with Crippen LogP contribution in [0.15, 0.2) is 24.3 Å². The molecule has 0 radical (unpaired) electrons. The van der Waals surface area contributed by atoms with Crippen molar-refractivity contribution in [3.8, 4) is 0 Å². The van der Waals surface area contributed by atoms with E-state index in [1.165, 1.54) is 5.56 Å². The number of nitrogens with two attached hydrogens (primary N) is 1. The minimum Gasteiger partial charge on any atom is -0.381 e. The third-order valence-electron chi connectivity index (χ3n) is 3.54. The third kappa shape index (κ3) is 2.54. The summed E-state index contributed by atoms with van der Waals surface area (Å²) in [5.74, 6) is -0.0327. The van der Waals surface area contributed by atoms with Gasteiger partial charge < -0.3 is 15.4 Å². The maximum atomic E-state index is 12.5. The molecule has 0 atom stereocenters. The summed E-state index contributed by atoms with van der Waals surface area (Å²) in [6.07, 6.45) is 1.17. The van der Waals surface area contributed by atoms with Gasteiger partial charge in [-0.25, -0.2) is 0 Å². The van der Waals surface area contributed by atoms with E-state index in [1.54, 1.807) is 11.9 Å². The zero-order valence-corrected chi connectivity index (χ0v) is 11.0. The molecule has 0 bridgehead atoms. The highest BCUT2D eigenvalue weighted by Crippen LogP contribution is 2.23. The molecule has 4 heteroatoms. The monoisotopic (exact) mass is 248 g/mol. The fourth-order valence-corrected chi connectivity index (χ4v) is 2.17. The molecule has 0 unspecified atom stereocenters. The first-order valence-corrected chi connectivity index (χ1v) is 6.24. The lowest BCUT2D eigenvalue weighted by Crippen LogP contribution is -2.57. The molecular formula is C14H20N2O2. The number of hydrogen-bond donors (Lipinski definition) is 1. The van der Waals surface area contributed by atoms with Gasteiger partial charge in [-0.15, -0.1) is 0 Å². The lowest BCUT2D eigenvalue weighted by molar-refractivity contribution is -0.126. The summed E-state index contributed by atoms with van der Waals surface area (Å²) in [6.45, 7) is 3.14. The van der Waals surface area contributed by atoms with Crippen molar-refractivity contribution in [2.45, 2.75) is 25.3 Å². The first kappa shape index (κ1) is 13.1. The predicted molar refractivity (Wildman–Crippen MR) is 71.6 cm³/mol. The minimum absolute atomic E-state index is 0.0327. The Balaban J connectivity index is 2.15. The van der Waals surface area contributed by atoms with Crippen molar-refractivity contribution in [2.24, 2.45) is 5.73 Å². The number of benzene rings is 1. The predicted octanol–water partition coefficient (Wildman–Crippen LogP) is 1.47. The molecule has 1 aromatic rings. The molecule has 2 N–H and O–H groups in total. The lowest BCUT2D eigenvalue weighted by atomic mass is 9.89. The largest absolute Gasteiger partial charge is 0.381 e. The smallest absolute Gasteiger partial charge is 0.246 e. The number of anilines is 1. The summed E-state index contributed by atoms with van der Waals surface area (Å²) >= 11 is 0. The molecule has 1 aliphatic rings. The Hall–Kier alpha value is -1.39. The molecule has 1 aliphatic heterocycles. The van der Waals surface area contributed by atoms with E-state index in [1.807, 2.05) is 31.2 Å². The van der Waals surface area contributed by atoms with Crippen LogP contribution in [0.25, 0.3) is 0 Å². The van der Waals surface area contributed by atoms with E-state index in [9.17, 15) is 4.79 Å².